The third-order valence-electron chi connectivity index (χ3n) is 4.72. The molecule has 1 aromatic rings. The van der Waals surface area contributed by atoms with Gasteiger partial charge in [-0.15, -0.1) is 0 Å². The Morgan fingerprint density at radius 2 is 1.80 bits per heavy atom. The molecule has 0 N–H and O–H groups in total. The number of carbonyl (C=O) groups is 2. The number of aromatic nitrogens is 2. The summed E-state index contributed by atoms with van der Waals surface area (Å²) in [4.78, 5) is 38.8. The molecule has 0 spiro atoms. The van der Waals surface area contributed by atoms with Crippen LogP contribution >= 0.6 is 0 Å². The third kappa shape index (κ3) is 4.18. The Balaban J connectivity index is 1.54. The maximum absolute atomic E-state index is 12.9. The third-order valence-corrected chi connectivity index (χ3v) is 4.72. The Hall–Kier alpha value is -2.38. The fourth-order valence-corrected chi connectivity index (χ4v) is 3.40. The van der Waals surface area contributed by atoms with Crippen LogP contribution in [-0.2, 0) is 9.53 Å². The number of anilines is 1. The van der Waals surface area contributed by atoms with E-state index in [0.29, 0.717) is 45.3 Å². The molecule has 2 aliphatic rings. The molecule has 136 valence electrons. The maximum atomic E-state index is 12.9. The van der Waals surface area contributed by atoms with Crippen LogP contribution in [0.4, 0.5) is 10.7 Å². The Morgan fingerprint density at radius 1 is 1.12 bits per heavy atom. The summed E-state index contributed by atoms with van der Waals surface area (Å²) in [6.07, 6.45) is 5.00. The van der Waals surface area contributed by atoms with Crippen molar-refractivity contribution in [3.05, 3.63) is 18.5 Å². The van der Waals surface area contributed by atoms with Crippen molar-refractivity contribution in [1.29, 1.82) is 0 Å². The van der Waals surface area contributed by atoms with E-state index in [1.165, 1.54) is 0 Å². The lowest BCUT2D eigenvalue weighted by molar-refractivity contribution is -0.137. The summed E-state index contributed by atoms with van der Waals surface area (Å²) >= 11 is 0. The molecule has 2 fully saturated rings. The zero-order valence-electron chi connectivity index (χ0n) is 14.6. The average Bonchev–Trinajstić information content (AvgIpc) is 2.68. The highest BCUT2D eigenvalue weighted by molar-refractivity contribution is 5.80. The summed E-state index contributed by atoms with van der Waals surface area (Å²) in [5, 5.41) is 0. The van der Waals surface area contributed by atoms with Crippen LogP contribution in [-0.4, -0.2) is 77.6 Å². The van der Waals surface area contributed by atoms with Crippen molar-refractivity contribution in [2.75, 3.05) is 50.8 Å². The van der Waals surface area contributed by atoms with Crippen LogP contribution in [0, 0.1) is 5.92 Å². The monoisotopic (exact) mass is 347 g/mol. The molecule has 0 saturated carbocycles. The normalized spacial score (nSPS) is 21.2. The van der Waals surface area contributed by atoms with Gasteiger partial charge < -0.3 is 19.4 Å². The van der Waals surface area contributed by atoms with E-state index >= 15 is 0 Å². The molecule has 2 saturated heterocycles. The molecule has 8 nitrogen and oxygen atoms in total. The van der Waals surface area contributed by atoms with Crippen molar-refractivity contribution < 1.29 is 14.3 Å². The predicted octanol–water partition coefficient (Wildman–Crippen LogP) is 0.994. The van der Waals surface area contributed by atoms with E-state index in [9.17, 15) is 9.59 Å². The van der Waals surface area contributed by atoms with Crippen LogP contribution in [0.2, 0.25) is 0 Å². The molecule has 1 atom stereocenters. The number of amides is 2. The van der Waals surface area contributed by atoms with Crippen LogP contribution in [0.15, 0.2) is 18.5 Å². The van der Waals surface area contributed by atoms with Gasteiger partial charge >= 0.3 is 6.09 Å². The van der Waals surface area contributed by atoms with E-state index in [1.54, 1.807) is 30.3 Å². The highest BCUT2D eigenvalue weighted by Crippen LogP contribution is 2.22. The van der Waals surface area contributed by atoms with Crippen LogP contribution in [0.3, 0.4) is 0 Å². The standard InChI is InChI=1S/C17H25N5O3/c1-2-25-17(24)21-11-9-20(10-12-21)15(23)14-5-3-8-22(13-14)16-18-6-4-7-19-16/h4,6-7,14H,2-3,5,8-13H2,1H3. The topological polar surface area (TPSA) is 78.9 Å². The molecule has 0 aliphatic carbocycles. The second-order valence-corrected chi connectivity index (χ2v) is 6.35. The number of piperazine rings is 1. The van der Waals surface area contributed by atoms with Crippen LogP contribution in [0.25, 0.3) is 0 Å². The molecule has 3 heterocycles. The average molecular weight is 347 g/mol. The Bertz CT molecular complexity index is 589. The lowest BCUT2D eigenvalue weighted by Gasteiger charge is -2.38. The molecule has 1 aromatic heterocycles. The van der Waals surface area contributed by atoms with Gasteiger partial charge in [0.1, 0.15) is 0 Å². The molecule has 2 amide bonds. The first-order valence-corrected chi connectivity index (χ1v) is 8.91. The molecule has 2 aliphatic heterocycles. The minimum Gasteiger partial charge on any atom is -0.450 e. The largest absolute Gasteiger partial charge is 0.450 e. The van der Waals surface area contributed by atoms with Crippen molar-refractivity contribution >= 4 is 17.9 Å². The predicted molar refractivity (Wildman–Crippen MR) is 92.1 cm³/mol. The van der Waals surface area contributed by atoms with Crippen LogP contribution in [0.5, 0.6) is 0 Å². The minimum absolute atomic E-state index is 0.0355. The van der Waals surface area contributed by atoms with Gasteiger partial charge in [0, 0.05) is 51.7 Å². The van der Waals surface area contributed by atoms with E-state index < -0.39 is 0 Å². The van der Waals surface area contributed by atoms with Gasteiger partial charge in [0.15, 0.2) is 0 Å². The zero-order valence-corrected chi connectivity index (χ0v) is 14.6. The lowest BCUT2D eigenvalue weighted by Crippen LogP contribution is -2.53. The molecule has 0 bridgehead atoms. The molecule has 1 unspecified atom stereocenters. The quantitative estimate of drug-likeness (QED) is 0.811. The van der Waals surface area contributed by atoms with E-state index in [1.807, 2.05) is 4.90 Å². The van der Waals surface area contributed by atoms with Crippen molar-refractivity contribution in [3.8, 4) is 0 Å². The number of hydrogen-bond donors (Lipinski definition) is 0. The minimum atomic E-state index is -0.292. The number of piperidine rings is 1. The van der Waals surface area contributed by atoms with E-state index in [-0.39, 0.29) is 17.9 Å². The first kappa shape index (κ1) is 17.4. The fourth-order valence-electron chi connectivity index (χ4n) is 3.40. The van der Waals surface area contributed by atoms with E-state index in [2.05, 4.69) is 14.9 Å². The summed E-state index contributed by atoms with van der Waals surface area (Å²) in [5.41, 5.74) is 0. The highest BCUT2D eigenvalue weighted by Gasteiger charge is 2.32. The lowest BCUT2D eigenvalue weighted by atomic mass is 9.96. The molecule has 8 heteroatoms. The highest BCUT2D eigenvalue weighted by atomic mass is 16.6. The van der Waals surface area contributed by atoms with Gasteiger partial charge in [-0.25, -0.2) is 14.8 Å². The molecule has 3 rings (SSSR count). The second-order valence-electron chi connectivity index (χ2n) is 6.35. The summed E-state index contributed by atoms with van der Waals surface area (Å²) in [7, 11) is 0. The van der Waals surface area contributed by atoms with Gasteiger partial charge in [-0.05, 0) is 25.8 Å². The smallest absolute Gasteiger partial charge is 0.409 e. The SMILES string of the molecule is CCOC(=O)N1CCN(C(=O)C2CCCN(c3ncccn3)C2)CC1. The van der Waals surface area contributed by atoms with Crippen molar-refractivity contribution in [2.45, 2.75) is 19.8 Å². The van der Waals surface area contributed by atoms with Gasteiger partial charge in [-0.2, -0.15) is 0 Å². The summed E-state index contributed by atoms with van der Waals surface area (Å²) in [6, 6.07) is 1.79. The zero-order chi connectivity index (χ0) is 17.6. The van der Waals surface area contributed by atoms with Gasteiger partial charge in [-0.3, -0.25) is 4.79 Å². The van der Waals surface area contributed by atoms with E-state index in [4.69, 9.17) is 4.74 Å². The summed E-state index contributed by atoms with van der Waals surface area (Å²) in [5.74, 6) is 0.822. The first-order chi connectivity index (χ1) is 12.2. The van der Waals surface area contributed by atoms with Crippen LogP contribution in [0.1, 0.15) is 19.8 Å². The number of nitrogens with zero attached hydrogens (tertiary/aromatic N) is 5. The first-order valence-electron chi connectivity index (χ1n) is 8.91. The van der Waals surface area contributed by atoms with Gasteiger partial charge in [-0.1, -0.05) is 0 Å². The number of rotatable bonds is 3. The molecule has 25 heavy (non-hydrogen) atoms. The van der Waals surface area contributed by atoms with Crippen LogP contribution < -0.4 is 4.90 Å². The molecular formula is C17H25N5O3. The Morgan fingerprint density at radius 3 is 2.48 bits per heavy atom. The summed E-state index contributed by atoms with van der Waals surface area (Å²) < 4.78 is 5.02. The molecule has 0 aromatic carbocycles. The van der Waals surface area contributed by atoms with Crippen molar-refractivity contribution in [1.82, 2.24) is 19.8 Å². The fraction of sp³-hybridized carbons (Fsp3) is 0.647. The van der Waals surface area contributed by atoms with Gasteiger partial charge in [0.25, 0.3) is 0 Å². The number of carbonyl (C=O) groups excluding carboxylic acids is 2. The number of hydrogen-bond acceptors (Lipinski definition) is 6. The van der Waals surface area contributed by atoms with Gasteiger partial charge in [0.2, 0.25) is 11.9 Å². The van der Waals surface area contributed by atoms with Crippen molar-refractivity contribution in [3.63, 3.8) is 0 Å². The number of ether oxygens (including phenoxy) is 1. The Kier molecular flexibility index (Phi) is 5.67. The molecular weight excluding hydrogens is 322 g/mol. The maximum Gasteiger partial charge on any atom is 0.409 e. The summed E-state index contributed by atoms with van der Waals surface area (Å²) in [6.45, 7) is 5.89. The van der Waals surface area contributed by atoms with Gasteiger partial charge in [0.05, 0.1) is 12.5 Å². The van der Waals surface area contributed by atoms with E-state index in [0.717, 1.165) is 19.4 Å². The van der Waals surface area contributed by atoms with Crippen molar-refractivity contribution in [2.24, 2.45) is 5.92 Å². The Labute approximate surface area is 147 Å². The molecule has 0 radical (unpaired) electrons. The second kappa shape index (κ2) is 8.13.